The molecule has 0 aliphatic heterocycles. The predicted molar refractivity (Wildman–Crippen MR) is 117 cm³/mol. The number of anilines is 1. The Morgan fingerprint density at radius 2 is 1.90 bits per heavy atom. The molecule has 0 radical (unpaired) electrons. The minimum absolute atomic E-state index is 0.0598. The molecule has 8 heteroatoms. The summed E-state index contributed by atoms with van der Waals surface area (Å²) in [6.45, 7) is 2.32. The van der Waals surface area contributed by atoms with Crippen LogP contribution < -0.4 is 4.90 Å². The summed E-state index contributed by atoms with van der Waals surface area (Å²) in [4.78, 5) is 34.5. The van der Waals surface area contributed by atoms with E-state index in [1.54, 1.807) is 11.1 Å². The van der Waals surface area contributed by atoms with Gasteiger partial charge in [-0.25, -0.2) is 4.98 Å². The van der Waals surface area contributed by atoms with Crippen LogP contribution >= 0.6 is 11.3 Å². The summed E-state index contributed by atoms with van der Waals surface area (Å²) >= 11 is 1.44. The molecule has 4 aromatic rings. The fraction of sp³-hybridized carbons (Fsp3) is 0.136. The average molecular weight is 418 g/mol. The van der Waals surface area contributed by atoms with Gasteiger partial charge in [0.15, 0.2) is 5.13 Å². The van der Waals surface area contributed by atoms with Gasteiger partial charge in [0.25, 0.3) is 11.6 Å². The number of aryl methyl sites for hydroxylation is 1. The topological polar surface area (TPSA) is 89.2 Å². The molecule has 4 rings (SSSR count). The van der Waals surface area contributed by atoms with Gasteiger partial charge in [0.05, 0.1) is 27.4 Å². The lowest BCUT2D eigenvalue weighted by Gasteiger charge is -2.19. The second-order valence-electron chi connectivity index (χ2n) is 6.63. The summed E-state index contributed by atoms with van der Waals surface area (Å²) in [6, 6.07) is 17.2. The number of benzene rings is 2. The first-order chi connectivity index (χ1) is 14.6. The Kier molecular flexibility index (Phi) is 5.49. The molecule has 30 heavy (non-hydrogen) atoms. The van der Waals surface area contributed by atoms with Crippen molar-refractivity contribution in [3.63, 3.8) is 0 Å². The van der Waals surface area contributed by atoms with Gasteiger partial charge in [-0.1, -0.05) is 36.5 Å². The van der Waals surface area contributed by atoms with Crippen LogP contribution in [-0.2, 0) is 13.0 Å². The third-order valence-corrected chi connectivity index (χ3v) is 5.76. The van der Waals surface area contributed by atoms with Crippen molar-refractivity contribution in [3.8, 4) is 0 Å². The van der Waals surface area contributed by atoms with E-state index in [0.717, 1.165) is 27.9 Å². The van der Waals surface area contributed by atoms with Crippen LogP contribution in [-0.4, -0.2) is 20.8 Å². The summed E-state index contributed by atoms with van der Waals surface area (Å²) in [5.74, 6) is -0.285. The highest BCUT2D eigenvalue weighted by molar-refractivity contribution is 7.22. The van der Waals surface area contributed by atoms with Gasteiger partial charge in [0.2, 0.25) is 0 Å². The van der Waals surface area contributed by atoms with Crippen LogP contribution in [0.2, 0.25) is 0 Å². The first-order valence-corrected chi connectivity index (χ1v) is 10.2. The van der Waals surface area contributed by atoms with Crippen LogP contribution in [0.25, 0.3) is 10.2 Å². The van der Waals surface area contributed by atoms with E-state index >= 15 is 0 Å². The van der Waals surface area contributed by atoms with E-state index in [9.17, 15) is 14.9 Å². The van der Waals surface area contributed by atoms with Crippen LogP contribution in [0.4, 0.5) is 10.8 Å². The molecule has 7 nitrogen and oxygen atoms in total. The molecule has 2 aromatic carbocycles. The monoisotopic (exact) mass is 418 g/mol. The van der Waals surface area contributed by atoms with Gasteiger partial charge in [-0.3, -0.25) is 24.8 Å². The second kappa shape index (κ2) is 8.38. The Balaban J connectivity index is 1.76. The van der Waals surface area contributed by atoms with Crippen LogP contribution in [0.15, 0.2) is 66.9 Å². The minimum atomic E-state index is -0.486. The molecule has 0 N–H and O–H groups in total. The molecule has 0 spiro atoms. The number of fused-ring (bicyclic) bond motifs is 1. The van der Waals surface area contributed by atoms with Gasteiger partial charge in [-0.15, -0.1) is 0 Å². The molecule has 0 aliphatic rings. The molecule has 2 aromatic heterocycles. The zero-order valence-electron chi connectivity index (χ0n) is 16.2. The van der Waals surface area contributed by atoms with Crippen molar-refractivity contribution in [2.75, 3.05) is 4.90 Å². The number of carbonyl (C=O) groups is 1. The maximum atomic E-state index is 13.4. The van der Waals surface area contributed by atoms with E-state index in [4.69, 9.17) is 4.98 Å². The lowest BCUT2D eigenvalue weighted by Crippen LogP contribution is -2.30. The third-order valence-electron chi connectivity index (χ3n) is 4.72. The van der Waals surface area contributed by atoms with Crippen molar-refractivity contribution in [2.24, 2.45) is 0 Å². The number of nitrogens with zero attached hydrogens (tertiary/aromatic N) is 4. The summed E-state index contributed by atoms with van der Waals surface area (Å²) in [7, 11) is 0. The lowest BCUT2D eigenvalue weighted by atomic mass is 10.1. The van der Waals surface area contributed by atoms with Gasteiger partial charge in [-0.05, 0) is 42.3 Å². The molecule has 0 bridgehead atoms. The molecule has 2 heterocycles. The van der Waals surface area contributed by atoms with Gasteiger partial charge in [0.1, 0.15) is 0 Å². The standard InChI is InChI=1S/C22H18N4O3S/c1-2-15-6-5-8-19-20(15)24-22(30-19)25(14-17-7-3-4-13-23-17)21(27)16-9-11-18(12-10-16)26(28)29/h3-13H,2,14H2,1H3. The van der Waals surface area contributed by atoms with E-state index in [0.29, 0.717) is 10.7 Å². The summed E-state index contributed by atoms with van der Waals surface area (Å²) < 4.78 is 1.01. The van der Waals surface area contributed by atoms with Crippen molar-refractivity contribution >= 4 is 38.3 Å². The lowest BCUT2D eigenvalue weighted by molar-refractivity contribution is -0.384. The van der Waals surface area contributed by atoms with Crippen molar-refractivity contribution in [2.45, 2.75) is 19.9 Å². The first kappa shape index (κ1) is 19.7. The number of rotatable bonds is 6. The van der Waals surface area contributed by atoms with Crippen LogP contribution in [0.5, 0.6) is 0 Å². The number of nitro benzene ring substituents is 1. The van der Waals surface area contributed by atoms with Crippen LogP contribution in [0, 0.1) is 10.1 Å². The molecule has 0 unspecified atom stereocenters. The van der Waals surface area contributed by atoms with Gasteiger partial charge >= 0.3 is 0 Å². The quantitative estimate of drug-likeness (QED) is 0.324. The maximum absolute atomic E-state index is 13.4. The summed E-state index contributed by atoms with van der Waals surface area (Å²) in [6.07, 6.45) is 2.52. The van der Waals surface area contributed by atoms with Crippen LogP contribution in [0.1, 0.15) is 28.5 Å². The molecule has 1 amide bonds. The maximum Gasteiger partial charge on any atom is 0.269 e. The summed E-state index contributed by atoms with van der Waals surface area (Å²) in [5.41, 5.74) is 3.03. The van der Waals surface area contributed by atoms with Crippen molar-refractivity contribution in [1.29, 1.82) is 0 Å². The third kappa shape index (κ3) is 3.90. The van der Waals surface area contributed by atoms with E-state index in [1.807, 2.05) is 36.4 Å². The molecule has 0 fully saturated rings. The van der Waals surface area contributed by atoms with E-state index in [1.165, 1.54) is 35.6 Å². The number of aromatic nitrogens is 2. The molecule has 0 aliphatic carbocycles. The van der Waals surface area contributed by atoms with E-state index in [2.05, 4.69) is 11.9 Å². The second-order valence-corrected chi connectivity index (χ2v) is 7.64. The first-order valence-electron chi connectivity index (χ1n) is 9.41. The molecule has 0 saturated carbocycles. The smallest absolute Gasteiger partial charge is 0.269 e. The number of amides is 1. The Morgan fingerprint density at radius 1 is 1.10 bits per heavy atom. The van der Waals surface area contributed by atoms with Gasteiger partial charge < -0.3 is 0 Å². The summed E-state index contributed by atoms with van der Waals surface area (Å²) in [5, 5.41) is 11.5. The van der Waals surface area contributed by atoms with Crippen molar-refractivity contribution < 1.29 is 9.72 Å². The number of non-ortho nitro benzene ring substituents is 1. The molecule has 150 valence electrons. The average Bonchev–Trinajstić information content (AvgIpc) is 3.22. The number of thiazole rings is 1. The van der Waals surface area contributed by atoms with Gasteiger partial charge in [-0.2, -0.15) is 0 Å². The van der Waals surface area contributed by atoms with Crippen molar-refractivity contribution in [1.82, 2.24) is 9.97 Å². The predicted octanol–water partition coefficient (Wildman–Crippen LogP) is 5.01. The number of carbonyl (C=O) groups excluding carboxylic acids is 1. The number of para-hydroxylation sites is 1. The highest BCUT2D eigenvalue weighted by Crippen LogP contribution is 2.32. The molecular formula is C22H18N4O3S. The Morgan fingerprint density at radius 3 is 2.57 bits per heavy atom. The molecule has 0 atom stereocenters. The Bertz CT molecular complexity index is 1210. The van der Waals surface area contributed by atoms with Crippen LogP contribution in [0.3, 0.4) is 0 Å². The fourth-order valence-corrected chi connectivity index (χ4v) is 4.17. The fourth-order valence-electron chi connectivity index (χ4n) is 3.16. The highest BCUT2D eigenvalue weighted by Gasteiger charge is 2.23. The molecule has 0 saturated heterocycles. The van der Waals surface area contributed by atoms with Crippen molar-refractivity contribution in [3.05, 3.63) is 93.8 Å². The van der Waals surface area contributed by atoms with E-state index in [-0.39, 0.29) is 18.1 Å². The van der Waals surface area contributed by atoms with E-state index < -0.39 is 4.92 Å². The zero-order valence-corrected chi connectivity index (χ0v) is 17.0. The minimum Gasteiger partial charge on any atom is -0.278 e. The Hall–Kier alpha value is -3.65. The Labute approximate surface area is 176 Å². The number of pyridine rings is 1. The number of hydrogen-bond acceptors (Lipinski definition) is 6. The normalized spacial score (nSPS) is 10.8. The molecular weight excluding hydrogens is 400 g/mol. The number of hydrogen-bond donors (Lipinski definition) is 0. The SMILES string of the molecule is CCc1cccc2sc(N(Cc3ccccn3)C(=O)c3ccc([N+](=O)[O-])cc3)nc12. The van der Waals surface area contributed by atoms with Gasteiger partial charge in [0, 0.05) is 23.9 Å². The zero-order chi connectivity index (χ0) is 21.1. The largest absolute Gasteiger partial charge is 0.278 e. The number of nitro groups is 1. The highest BCUT2D eigenvalue weighted by atomic mass is 32.1.